The molecule has 0 spiro atoms. The molecule has 0 saturated heterocycles. The molecule has 330 valence electrons. The maximum atomic E-state index is 13.7. The van der Waals surface area contributed by atoms with Crippen LogP contribution in [0.1, 0.15) is 223 Å². The van der Waals surface area contributed by atoms with Gasteiger partial charge in [-0.1, -0.05) is 174 Å². The molecule has 0 aromatic heterocycles. The number of carbonyl (C=O) groups is 2. The van der Waals surface area contributed by atoms with E-state index >= 15 is 0 Å². The van der Waals surface area contributed by atoms with Crippen molar-refractivity contribution < 1.29 is 19.8 Å². The van der Waals surface area contributed by atoms with Gasteiger partial charge in [-0.25, -0.2) is 0 Å². The minimum absolute atomic E-state index is 0.0583. The van der Waals surface area contributed by atoms with E-state index in [2.05, 4.69) is 146 Å². The molecule has 0 aliphatic heterocycles. The number of phenols is 2. The van der Waals surface area contributed by atoms with Crippen LogP contribution in [0.2, 0.25) is 0 Å². The smallest absolute Gasteiger partial charge is 0.226 e. The highest BCUT2D eigenvalue weighted by Gasteiger charge is 2.36. The van der Waals surface area contributed by atoms with Gasteiger partial charge in [0.1, 0.15) is 11.5 Å². The molecule has 0 bridgehead atoms. The van der Waals surface area contributed by atoms with Crippen molar-refractivity contribution in [3.8, 4) is 11.5 Å². The predicted molar refractivity (Wildman–Crippen MR) is 247 cm³/mol. The van der Waals surface area contributed by atoms with Crippen molar-refractivity contribution in [2.45, 2.75) is 235 Å². The van der Waals surface area contributed by atoms with Crippen LogP contribution < -0.4 is 10.6 Å². The molecule has 2 aromatic rings. The van der Waals surface area contributed by atoms with Crippen LogP contribution in [-0.2, 0) is 44.1 Å². The van der Waals surface area contributed by atoms with Gasteiger partial charge in [-0.15, -0.1) is 0 Å². The van der Waals surface area contributed by atoms with Crippen molar-refractivity contribution in [2.75, 3.05) is 0 Å². The van der Waals surface area contributed by atoms with Crippen molar-refractivity contribution >= 4 is 11.8 Å². The fourth-order valence-electron chi connectivity index (χ4n) is 7.98. The van der Waals surface area contributed by atoms with E-state index in [1.807, 2.05) is 27.7 Å². The van der Waals surface area contributed by atoms with Crippen LogP contribution in [0.3, 0.4) is 0 Å². The zero-order valence-electron chi connectivity index (χ0n) is 41.1. The van der Waals surface area contributed by atoms with E-state index in [-0.39, 0.29) is 44.6 Å². The van der Waals surface area contributed by atoms with Crippen molar-refractivity contribution in [3.05, 3.63) is 57.6 Å². The van der Waals surface area contributed by atoms with E-state index in [0.717, 1.165) is 84.7 Å². The number of hydrogen-bond donors (Lipinski definition) is 4. The van der Waals surface area contributed by atoms with Gasteiger partial charge in [0, 0.05) is 21.9 Å². The van der Waals surface area contributed by atoms with Gasteiger partial charge in [0.05, 0.1) is 0 Å². The summed E-state index contributed by atoms with van der Waals surface area (Å²) in [6.45, 7) is 42.1. The fraction of sp³-hybridized carbons (Fsp3) is 0.731. The third-order valence-electron chi connectivity index (χ3n) is 11.9. The lowest BCUT2D eigenvalue weighted by Crippen LogP contribution is -2.49. The Bertz CT molecular complexity index is 1520. The highest BCUT2D eigenvalue weighted by atomic mass is 16.3. The number of phenolic OH excluding ortho intramolecular Hbond substituents is 2. The van der Waals surface area contributed by atoms with Crippen LogP contribution in [0, 0.1) is 10.8 Å². The molecule has 0 aliphatic rings. The molecule has 0 saturated carbocycles. The zero-order valence-corrected chi connectivity index (χ0v) is 41.1. The van der Waals surface area contributed by atoms with Gasteiger partial charge in [0.15, 0.2) is 0 Å². The summed E-state index contributed by atoms with van der Waals surface area (Å²) in [6, 6.07) is 8.36. The lowest BCUT2D eigenvalue weighted by Gasteiger charge is -2.33. The first-order valence-electron chi connectivity index (χ1n) is 22.3. The van der Waals surface area contributed by atoms with Gasteiger partial charge in [-0.2, -0.15) is 0 Å². The Kier molecular flexibility index (Phi) is 16.1. The normalized spacial score (nSPS) is 13.8. The number of aromatic hydroxyl groups is 2. The molecule has 4 N–H and O–H groups in total. The van der Waals surface area contributed by atoms with E-state index in [9.17, 15) is 19.8 Å². The summed E-state index contributed by atoms with van der Waals surface area (Å²) in [4.78, 5) is 27.4. The van der Waals surface area contributed by atoms with Crippen LogP contribution in [0.15, 0.2) is 24.3 Å². The summed E-state index contributed by atoms with van der Waals surface area (Å²) in [6.07, 6.45) is 9.70. The van der Waals surface area contributed by atoms with Crippen LogP contribution in [0.25, 0.3) is 0 Å². The Labute approximate surface area is 356 Å². The molecular formula is C52H88N2O4. The van der Waals surface area contributed by atoms with Gasteiger partial charge in [0.2, 0.25) is 11.8 Å². The molecule has 0 atom stereocenters. The monoisotopic (exact) mass is 805 g/mol. The second kappa shape index (κ2) is 18.3. The quantitative estimate of drug-likeness (QED) is 0.120. The van der Waals surface area contributed by atoms with Gasteiger partial charge < -0.3 is 20.8 Å². The lowest BCUT2D eigenvalue weighted by atomic mass is 9.76. The first kappa shape index (κ1) is 51.1. The molecule has 0 aliphatic carbocycles. The minimum Gasteiger partial charge on any atom is -0.507 e. The highest BCUT2D eigenvalue weighted by molar-refractivity contribution is 5.83. The Hall–Kier alpha value is -3.02. The van der Waals surface area contributed by atoms with Gasteiger partial charge >= 0.3 is 0 Å². The SMILES string of the molecule is CC(C)(CCCCCCCCC(C)(C)NC(=O)C(C)(C)Cc1cc(C(C)(C)C)c(O)c(C(C)(C)C)c1)NC(=O)C(C)(C)Cc1cc(C(C)(C)C)c(O)c(C(C)(C)C)c1. The van der Waals surface area contributed by atoms with Crippen LogP contribution in [0.5, 0.6) is 11.5 Å². The van der Waals surface area contributed by atoms with Gasteiger partial charge in [-0.3, -0.25) is 9.59 Å². The van der Waals surface area contributed by atoms with E-state index in [0.29, 0.717) is 24.3 Å². The van der Waals surface area contributed by atoms with E-state index in [1.165, 1.54) is 0 Å². The Morgan fingerprint density at radius 2 is 0.638 bits per heavy atom. The second-order valence-corrected chi connectivity index (χ2v) is 24.5. The molecule has 6 nitrogen and oxygen atoms in total. The summed E-state index contributed by atoms with van der Waals surface area (Å²) >= 11 is 0. The van der Waals surface area contributed by atoms with Crippen LogP contribution in [0.4, 0.5) is 0 Å². The van der Waals surface area contributed by atoms with Crippen molar-refractivity contribution in [2.24, 2.45) is 10.8 Å². The first-order chi connectivity index (χ1) is 25.9. The number of unbranched alkanes of at least 4 members (excludes halogenated alkanes) is 5. The summed E-state index contributed by atoms with van der Waals surface area (Å²) in [5, 5.41) is 29.1. The standard InChI is InChI=1S/C52H88N2O4/c1-45(2,3)37-29-35(30-38(41(37)55)46(4,5)6)33-49(13,14)43(57)53-51(17,18)27-25-23-21-22-24-26-28-52(19,20)54-44(58)50(15,16)34-36-31-39(47(7,8)9)42(56)40(32-36)48(10,11)12/h29-32,55-56H,21-28,33-34H2,1-20H3,(H,53,57)(H,54,58). The van der Waals surface area contributed by atoms with E-state index in [1.54, 1.807) is 0 Å². The third kappa shape index (κ3) is 14.9. The van der Waals surface area contributed by atoms with Crippen LogP contribution >= 0.6 is 0 Å². The summed E-state index contributed by atoms with van der Waals surface area (Å²) in [7, 11) is 0. The van der Waals surface area contributed by atoms with Crippen molar-refractivity contribution in [1.29, 1.82) is 0 Å². The Morgan fingerprint density at radius 3 is 0.862 bits per heavy atom. The lowest BCUT2D eigenvalue weighted by molar-refractivity contribution is -0.131. The Balaban J connectivity index is 1.87. The van der Waals surface area contributed by atoms with Crippen molar-refractivity contribution in [1.82, 2.24) is 10.6 Å². The van der Waals surface area contributed by atoms with Crippen LogP contribution in [-0.4, -0.2) is 33.1 Å². The largest absolute Gasteiger partial charge is 0.507 e. The maximum absolute atomic E-state index is 13.7. The molecule has 2 rings (SSSR count). The molecule has 58 heavy (non-hydrogen) atoms. The number of rotatable bonds is 17. The fourth-order valence-corrected chi connectivity index (χ4v) is 7.98. The molecular weight excluding hydrogens is 717 g/mol. The molecule has 2 aromatic carbocycles. The maximum Gasteiger partial charge on any atom is 0.226 e. The van der Waals surface area contributed by atoms with Crippen molar-refractivity contribution in [3.63, 3.8) is 0 Å². The number of carbonyl (C=O) groups excluding carboxylic acids is 2. The summed E-state index contributed by atoms with van der Waals surface area (Å²) in [5.41, 5.74) is 3.16. The summed E-state index contributed by atoms with van der Waals surface area (Å²) in [5.74, 6) is 0.853. The second-order valence-electron chi connectivity index (χ2n) is 24.5. The van der Waals surface area contributed by atoms with E-state index in [4.69, 9.17) is 0 Å². The summed E-state index contributed by atoms with van der Waals surface area (Å²) < 4.78 is 0. The minimum atomic E-state index is -0.610. The highest BCUT2D eigenvalue weighted by Crippen LogP contribution is 2.42. The topological polar surface area (TPSA) is 98.7 Å². The number of hydrogen-bond acceptors (Lipinski definition) is 4. The third-order valence-corrected chi connectivity index (χ3v) is 11.9. The van der Waals surface area contributed by atoms with Gasteiger partial charge in [0.25, 0.3) is 0 Å². The number of benzene rings is 2. The Morgan fingerprint density at radius 1 is 0.414 bits per heavy atom. The zero-order chi connectivity index (χ0) is 45.1. The molecule has 0 heterocycles. The predicted octanol–water partition coefficient (Wildman–Crippen LogP) is 13.0. The molecule has 2 amide bonds. The first-order valence-corrected chi connectivity index (χ1v) is 22.3. The molecule has 6 heteroatoms. The average Bonchev–Trinajstić information content (AvgIpc) is 3.00. The molecule has 0 fully saturated rings. The van der Waals surface area contributed by atoms with Gasteiger partial charge in [-0.05, 0) is 108 Å². The molecule has 0 unspecified atom stereocenters. The molecule has 0 radical (unpaired) electrons. The average molecular weight is 805 g/mol. The number of nitrogens with one attached hydrogen (secondary N) is 2. The number of amides is 2. The van der Waals surface area contributed by atoms with E-state index < -0.39 is 10.8 Å².